The average molecular weight is 317 g/mol. The Kier molecular flexibility index (Phi) is 3.61. The molecule has 0 aliphatic rings. The summed E-state index contributed by atoms with van der Waals surface area (Å²) in [7, 11) is 0. The van der Waals surface area contributed by atoms with Crippen molar-refractivity contribution in [1.82, 2.24) is 9.97 Å². The molecule has 0 radical (unpaired) electrons. The number of pyridine rings is 1. The fourth-order valence-electron chi connectivity index (χ4n) is 2.61. The quantitative estimate of drug-likeness (QED) is 0.609. The van der Waals surface area contributed by atoms with Crippen LogP contribution >= 0.6 is 11.3 Å². The minimum absolute atomic E-state index is 0.233. The van der Waals surface area contributed by atoms with Gasteiger partial charge in [-0.05, 0) is 28.5 Å². The summed E-state index contributed by atoms with van der Waals surface area (Å²) in [5.41, 5.74) is 9.37. The van der Waals surface area contributed by atoms with Crippen LogP contribution in [0.15, 0.2) is 72.4 Å². The van der Waals surface area contributed by atoms with E-state index >= 15 is 0 Å². The maximum absolute atomic E-state index is 6.31. The SMILES string of the molecule is NC(c1cccnc1)c1nc(-c2ccc3ccccc3c2)cs1. The molecule has 2 N–H and O–H groups in total. The van der Waals surface area contributed by atoms with Crippen LogP contribution in [0.4, 0.5) is 0 Å². The van der Waals surface area contributed by atoms with Gasteiger partial charge in [0.2, 0.25) is 0 Å². The molecule has 3 nitrogen and oxygen atoms in total. The van der Waals surface area contributed by atoms with Gasteiger partial charge in [-0.1, -0.05) is 42.5 Å². The second-order valence-electron chi connectivity index (χ2n) is 5.40. The standard InChI is InChI=1S/C19H15N3S/c20-18(16-6-3-9-21-11-16)19-22-17(12-23-19)15-8-7-13-4-1-2-5-14(13)10-15/h1-12,18H,20H2. The Balaban J connectivity index is 1.69. The van der Waals surface area contributed by atoms with Crippen LogP contribution in [0.3, 0.4) is 0 Å². The number of aromatic nitrogens is 2. The van der Waals surface area contributed by atoms with Crippen LogP contribution in [0, 0.1) is 0 Å². The second-order valence-corrected chi connectivity index (χ2v) is 6.29. The molecule has 0 fully saturated rings. The van der Waals surface area contributed by atoms with Gasteiger partial charge in [0, 0.05) is 23.3 Å². The monoisotopic (exact) mass is 317 g/mol. The molecule has 0 spiro atoms. The average Bonchev–Trinajstić information content (AvgIpc) is 3.11. The summed E-state index contributed by atoms with van der Waals surface area (Å²) in [6.07, 6.45) is 3.54. The van der Waals surface area contributed by atoms with E-state index in [1.165, 1.54) is 10.8 Å². The number of thiazole rings is 1. The molecule has 2 aromatic heterocycles. The summed E-state index contributed by atoms with van der Waals surface area (Å²) >= 11 is 1.59. The van der Waals surface area contributed by atoms with Gasteiger partial charge >= 0.3 is 0 Å². The molecule has 1 unspecified atom stereocenters. The summed E-state index contributed by atoms with van der Waals surface area (Å²) < 4.78 is 0. The van der Waals surface area contributed by atoms with Gasteiger partial charge in [-0.25, -0.2) is 4.98 Å². The zero-order chi connectivity index (χ0) is 15.6. The van der Waals surface area contributed by atoms with Gasteiger partial charge in [0.05, 0.1) is 11.7 Å². The number of fused-ring (bicyclic) bond motifs is 1. The van der Waals surface area contributed by atoms with Crippen molar-refractivity contribution in [1.29, 1.82) is 0 Å². The molecule has 4 aromatic rings. The van der Waals surface area contributed by atoms with Gasteiger partial charge in [-0.2, -0.15) is 0 Å². The van der Waals surface area contributed by atoms with Crippen LogP contribution in [0.25, 0.3) is 22.0 Å². The number of hydrogen-bond donors (Lipinski definition) is 1. The van der Waals surface area contributed by atoms with Crippen LogP contribution in [-0.2, 0) is 0 Å². The van der Waals surface area contributed by atoms with E-state index in [0.717, 1.165) is 21.8 Å². The normalized spacial score (nSPS) is 12.4. The molecule has 0 aliphatic carbocycles. The molecule has 0 amide bonds. The fourth-order valence-corrected chi connectivity index (χ4v) is 3.47. The first-order chi connectivity index (χ1) is 11.3. The van der Waals surface area contributed by atoms with Crippen LogP contribution in [0.2, 0.25) is 0 Å². The summed E-state index contributed by atoms with van der Waals surface area (Å²) in [5, 5.41) is 5.42. The summed E-state index contributed by atoms with van der Waals surface area (Å²) in [6.45, 7) is 0. The number of nitrogens with zero attached hydrogens (tertiary/aromatic N) is 2. The maximum atomic E-state index is 6.31. The highest BCUT2D eigenvalue weighted by atomic mass is 32.1. The van der Waals surface area contributed by atoms with Crippen molar-refractivity contribution in [2.75, 3.05) is 0 Å². The zero-order valence-electron chi connectivity index (χ0n) is 12.4. The van der Waals surface area contributed by atoms with Crippen molar-refractivity contribution < 1.29 is 0 Å². The minimum atomic E-state index is -0.233. The van der Waals surface area contributed by atoms with Gasteiger partial charge in [0.25, 0.3) is 0 Å². The minimum Gasteiger partial charge on any atom is -0.318 e. The number of hydrogen-bond acceptors (Lipinski definition) is 4. The van der Waals surface area contributed by atoms with Crippen molar-refractivity contribution in [3.05, 3.63) is 82.9 Å². The van der Waals surface area contributed by atoms with Gasteiger partial charge in [-0.15, -0.1) is 11.3 Å². The third-order valence-corrected chi connectivity index (χ3v) is 4.80. The maximum Gasteiger partial charge on any atom is 0.115 e. The molecule has 4 heteroatoms. The van der Waals surface area contributed by atoms with Crippen LogP contribution < -0.4 is 5.73 Å². The molecule has 0 aliphatic heterocycles. The van der Waals surface area contributed by atoms with E-state index in [1.54, 1.807) is 23.7 Å². The molecule has 0 saturated carbocycles. The molecule has 0 saturated heterocycles. The molecule has 0 bridgehead atoms. The summed E-state index contributed by atoms with van der Waals surface area (Å²) in [5.74, 6) is 0. The fraction of sp³-hybridized carbons (Fsp3) is 0.0526. The summed E-state index contributed by atoms with van der Waals surface area (Å²) in [4.78, 5) is 8.86. The second kappa shape index (κ2) is 5.91. The first-order valence-corrected chi connectivity index (χ1v) is 8.29. The predicted octanol–water partition coefficient (Wildman–Crippen LogP) is 4.41. The lowest BCUT2D eigenvalue weighted by atomic mass is 10.1. The topological polar surface area (TPSA) is 51.8 Å². The van der Waals surface area contributed by atoms with Crippen molar-refractivity contribution >= 4 is 22.1 Å². The molecular formula is C19H15N3S. The number of benzene rings is 2. The van der Waals surface area contributed by atoms with Crippen molar-refractivity contribution in [3.63, 3.8) is 0 Å². The highest BCUT2D eigenvalue weighted by Gasteiger charge is 2.14. The van der Waals surface area contributed by atoms with Gasteiger partial charge in [0.1, 0.15) is 5.01 Å². The largest absolute Gasteiger partial charge is 0.318 e. The van der Waals surface area contributed by atoms with Crippen LogP contribution in [-0.4, -0.2) is 9.97 Å². The van der Waals surface area contributed by atoms with Crippen molar-refractivity contribution in [2.24, 2.45) is 5.73 Å². The Labute approximate surface area is 138 Å². The Morgan fingerprint density at radius 2 is 1.83 bits per heavy atom. The molecule has 2 aromatic carbocycles. The van der Waals surface area contributed by atoms with Gasteiger partial charge in [-0.3, -0.25) is 4.98 Å². The third-order valence-electron chi connectivity index (χ3n) is 3.88. The predicted molar refractivity (Wildman–Crippen MR) is 95.3 cm³/mol. The first kappa shape index (κ1) is 14.1. The van der Waals surface area contributed by atoms with E-state index in [2.05, 4.69) is 52.8 Å². The lowest BCUT2D eigenvalue weighted by Gasteiger charge is -2.07. The molecule has 23 heavy (non-hydrogen) atoms. The Morgan fingerprint density at radius 3 is 2.65 bits per heavy atom. The van der Waals surface area contributed by atoms with Crippen LogP contribution in [0.5, 0.6) is 0 Å². The zero-order valence-corrected chi connectivity index (χ0v) is 13.2. The van der Waals surface area contributed by atoms with E-state index in [4.69, 9.17) is 10.7 Å². The van der Waals surface area contributed by atoms with E-state index in [9.17, 15) is 0 Å². The number of nitrogens with two attached hydrogens (primary N) is 1. The van der Waals surface area contributed by atoms with E-state index < -0.39 is 0 Å². The van der Waals surface area contributed by atoms with E-state index in [0.29, 0.717) is 0 Å². The molecule has 112 valence electrons. The van der Waals surface area contributed by atoms with Gasteiger partial charge < -0.3 is 5.73 Å². The molecule has 1 atom stereocenters. The van der Waals surface area contributed by atoms with E-state index in [1.807, 2.05) is 12.1 Å². The Hall–Kier alpha value is -2.56. The van der Waals surface area contributed by atoms with Crippen molar-refractivity contribution in [2.45, 2.75) is 6.04 Å². The Bertz CT molecular complexity index is 947. The molecule has 4 rings (SSSR count). The highest BCUT2D eigenvalue weighted by molar-refractivity contribution is 7.10. The highest BCUT2D eigenvalue weighted by Crippen LogP contribution is 2.29. The Morgan fingerprint density at radius 1 is 0.957 bits per heavy atom. The molecular weight excluding hydrogens is 302 g/mol. The smallest absolute Gasteiger partial charge is 0.115 e. The van der Waals surface area contributed by atoms with Crippen molar-refractivity contribution in [3.8, 4) is 11.3 Å². The molecule has 2 heterocycles. The third kappa shape index (κ3) is 2.74. The lowest BCUT2D eigenvalue weighted by Crippen LogP contribution is -2.11. The van der Waals surface area contributed by atoms with Gasteiger partial charge in [0.15, 0.2) is 0 Å². The van der Waals surface area contributed by atoms with E-state index in [-0.39, 0.29) is 6.04 Å². The first-order valence-electron chi connectivity index (χ1n) is 7.41. The number of rotatable bonds is 3. The summed E-state index contributed by atoms with van der Waals surface area (Å²) in [6, 6.07) is 18.4. The lowest BCUT2D eigenvalue weighted by molar-refractivity contribution is 0.851. The van der Waals surface area contributed by atoms with Crippen LogP contribution in [0.1, 0.15) is 16.6 Å².